The molecule has 0 unspecified atom stereocenters. The van der Waals surface area contributed by atoms with Crippen molar-refractivity contribution in [1.82, 2.24) is 9.80 Å². The minimum absolute atomic E-state index is 0.226. The first-order chi connectivity index (χ1) is 12.6. The van der Waals surface area contributed by atoms with E-state index in [0.29, 0.717) is 45.6 Å². The molecule has 0 N–H and O–H groups in total. The van der Waals surface area contributed by atoms with Gasteiger partial charge in [0.05, 0.1) is 12.0 Å². The van der Waals surface area contributed by atoms with Gasteiger partial charge in [-0.1, -0.05) is 24.3 Å². The number of rotatable bonds is 4. The third-order valence-corrected chi connectivity index (χ3v) is 5.62. The van der Waals surface area contributed by atoms with Crippen molar-refractivity contribution >= 4 is 12.0 Å². The molecule has 1 spiro atoms. The summed E-state index contributed by atoms with van der Waals surface area (Å²) in [6.07, 6.45) is 1.79. The molecule has 6 nitrogen and oxygen atoms in total. The van der Waals surface area contributed by atoms with Gasteiger partial charge in [0.2, 0.25) is 5.91 Å². The van der Waals surface area contributed by atoms with Crippen molar-refractivity contribution in [2.75, 3.05) is 40.0 Å². The van der Waals surface area contributed by atoms with Crippen molar-refractivity contribution in [3.8, 4) is 0 Å². The number of carbonyl (C=O) groups is 2. The predicted molar refractivity (Wildman–Crippen MR) is 97.7 cm³/mol. The molecule has 0 atom stereocenters. The summed E-state index contributed by atoms with van der Waals surface area (Å²) in [6.45, 7) is 5.17. The summed E-state index contributed by atoms with van der Waals surface area (Å²) < 4.78 is 10.1. The smallest absolute Gasteiger partial charge is 0.409 e. The number of likely N-dealkylation sites (tertiary alicyclic amines) is 1. The standard InChI is InChI=1S/C20H28N2O4/c1-3-21-15-17-7-5-4-6-16(17)14-20(18(21)23)8-10-22(11-9-20)19(24)26-13-12-25-2/h4-7H,3,8-15H2,1-2H3. The van der Waals surface area contributed by atoms with E-state index in [-0.39, 0.29) is 18.6 Å². The second-order valence-electron chi connectivity index (χ2n) is 7.14. The van der Waals surface area contributed by atoms with Gasteiger partial charge < -0.3 is 19.3 Å². The van der Waals surface area contributed by atoms with Crippen LogP contribution in [-0.2, 0) is 27.2 Å². The van der Waals surface area contributed by atoms with E-state index in [4.69, 9.17) is 9.47 Å². The monoisotopic (exact) mass is 360 g/mol. The van der Waals surface area contributed by atoms with E-state index in [1.165, 1.54) is 11.1 Å². The molecule has 0 aliphatic carbocycles. The van der Waals surface area contributed by atoms with Crippen LogP contribution in [-0.4, -0.2) is 61.8 Å². The van der Waals surface area contributed by atoms with E-state index in [1.54, 1.807) is 12.0 Å². The summed E-state index contributed by atoms with van der Waals surface area (Å²) in [7, 11) is 1.58. The largest absolute Gasteiger partial charge is 0.447 e. The molecule has 6 heteroatoms. The highest BCUT2D eigenvalue weighted by molar-refractivity contribution is 5.84. The van der Waals surface area contributed by atoms with Gasteiger partial charge in [-0.3, -0.25) is 4.79 Å². The average molecular weight is 360 g/mol. The van der Waals surface area contributed by atoms with E-state index in [2.05, 4.69) is 12.1 Å². The Bertz CT molecular complexity index is 653. The Kier molecular flexibility index (Phi) is 5.81. The first kappa shape index (κ1) is 18.7. The molecule has 0 radical (unpaired) electrons. The Morgan fingerprint density at radius 2 is 1.85 bits per heavy atom. The van der Waals surface area contributed by atoms with Crippen LogP contribution in [0.3, 0.4) is 0 Å². The number of ether oxygens (including phenoxy) is 2. The van der Waals surface area contributed by atoms with Crippen molar-refractivity contribution < 1.29 is 19.1 Å². The molecule has 1 aromatic rings. The van der Waals surface area contributed by atoms with Crippen molar-refractivity contribution in [2.45, 2.75) is 32.7 Å². The van der Waals surface area contributed by atoms with E-state index in [1.807, 2.05) is 24.0 Å². The van der Waals surface area contributed by atoms with Gasteiger partial charge in [0, 0.05) is 33.3 Å². The number of fused-ring (bicyclic) bond motifs is 1. The van der Waals surface area contributed by atoms with Crippen LogP contribution in [0, 0.1) is 5.41 Å². The van der Waals surface area contributed by atoms with Crippen LogP contribution in [0.25, 0.3) is 0 Å². The molecule has 1 fully saturated rings. The number of benzene rings is 1. The summed E-state index contributed by atoms with van der Waals surface area (Å²) in [4.78, 5) is 29.1. The van der Waals surface area contributed by atoms with Crippen molar-refractivity contribution in [1.29, 1.82) is 0 Å². The Morgan fingerprint density at radius 3 is 2.50 bits per heavy atom. The normalized spacial score (nSPS) is 19.2. The SMILES string of the molecule is CCN1Cc2ccccc2CC2(CCN(C(=O)OCCOC)CC2)C1=O. The molecule has 2 aliphatic heterocycles. The molecule has 0 saturated carbocycles. The van der Waals surface area contributed by atoms with E-state index >= 15 is 0 Å². The zero-order valence-electron chi connectivity index (χ0n) is 15.7. The maximum absolute atomic E-state index is 13.3. The highest BCUT2D eigenvalue weighted by Crippen LogP contribution is 2.40. The first-order valence-corrected chi connectivity index (χ1v) is 9.36. The molecule has 0 aromatic heterocycles. The number of hydrogen-bond acceptors (Lipinski definition) is 4. The Morgan fingerprint density at radius 1 is 1.15 bits per heavy atom. The summed E-state index contributed by atoms with van der Waals surface area (Å²) in [5.74, 6) is 0.226. The van der Waals surface area contributed by atoms with Gasteiger partial charge in [-0.05, 0) is 37.3 Å². The predicted octanol–water partition coefficient (Wildman–Crippen LogP) is 2.46. The van der Waals surface area contributed by atoms with Crippen LogP contribution in [0.5, 0.6) is 0 Å². The number of hydrogen-bond donors (Lipinski definition) is 0. The van der Waals surface area contributed by atoms with E-state index in [9.17, 15) is 9.59 Å². The van der Waals surface area contributed by atoms with Crippen molar-refractivity contribution in [2.24, 2.45) is 5.41 Å². The molecule has 2 amide bonds. The van der Waals surface area contributed by atoms with Crippen LogP contribution in [0.1, 0.15) is 30.9 Å². The van der Waals surface area contributed by atoms with Gasteiger partial charge in [0.25, 0.3) is 0 Å². The molecule has 2 aliphatic rings. The van der Waals surface area contributed by atoms with Crippen molar-refractivity contribution in [3.05, 3.63) is 35.4 Å². The highest BCUT2D eigenvalue weighted by atomic mass is 16.6. The fraction of sp³-hybridized carbons (Fsp3) is 0.600. The maximum Gasteiger partial charge on any atom is 0.409 e. The molecule has 0 bridgehead atoms. The molecule has 26 heavy (non-hydrogen) atoms. The average Bonchev–Trinajstić information content (AvgIpc) is 2.78. The lowest BCUT2D eigenvalue weighted by molar-refractivity contribution is -0.145. The number of nitrogens with zero attached hydrogens (tertiary/aromatic N) is 2. The zero-order valence-corrected chi connectivity index (χ0v) is 15.7. The molecule has 1 saturated heterocycles. The second kappa shape index (κ2) is 8.08. The summed E-state index contributed by atoms with van der Waals surface area (Å²) in [5.41, 5.74) is 2.08. The van der Waals surface area contributed by atoms with Gasteiger partial charge in [0.15, 0.2) is 0 Å². The quantitative estimate of drug-likeness (QED) is 0.774. The Labute approximate surface area is 155 Å². The van der Waals surface area contributed by atoms with Crippen molar-refractivity contribution in [3.63, 3.8) is 0 Å². The van der Waals surface area contributed by atoms with E-state index < -0.39 is 5.41 Å². The highest BCUT2D eigenvalue weighted by Gasteiger charge is 2.46. The van der Waals surface area contributed by atoms with Gasteiger partial charge in [0.1, 0.15) is 6.61 Å². The Balaban J connectivity index is 1.73. The minimum atomic E-state index is -0.411. The minimum Gasteiger partial charge on any atom is -0.447 e. The summed E-state index contributed by atoms with van der Waals surface area (Å²) >= 11 is 0. The van der Waals surface area contributed by atoms with Gasteiger partial charge in [-0.15, -0.1) is 0 Å². The topological polar surface area (TPSA) is 59.1 Å². The number of piperidine rings is 1. The van der Waals surface area contributed by atoms with Crippen LogP contribution in [0.15, 0.2) is 24.3 Å². The summed E-state index contributed by atoms with van der Waals surface area (Å²) in [5, 5.41) is 0. The number of amides is 2. The zero-order chi connectivity index (χ0) is 18.6. The van der Waals surface area contributed by atoms with E-state index in [0.717, 1.165) is 6.42 Å². The maximum atomic E-state index is 13.3. The first-order valence-electron chi connectivity index (χ1n) is 9.36. The van der Waals surface area contributed by atoms with Crippen LogP contribution < -0.4 is 0 Å². The molecule has 1 aromatic carbocycles. The van der Waals surface area contributed by atoms with Crippen LogP contribution in [0.4, 0.5) is 4.79 Å². The lowest BCUT2D eigenvalue weighted by Crippen LogP contribution is -2.51. The number of carbonyl (C=O) groups excluding carboxylic acids is 2. The number of methoxy groups -OCH3 is 1. The lowest BCUT2D eigenvalue weighted by Gasteiger charge is -2.41. The van der Waals surface area contributed by atoms with Crippen LogP contribution >= 0.6 is 0 Å². The second-order valence-corrected chi connectivity index (χ2v) is 7.14. The Hall–Kier alpha value is -2.08. The molecule has 142 valence electrons. The molecule has 3 rings (SSSR count). The third kappa shape index (κ3) is 3.70. The summed E-state index contributed by atoms with van der Waals surface area (Å²) in [6, 6.07) is 8.33. The van der Waals surface area contributed by atoms with Gasteiger partial charge in [-0.2, -0.15) is 0 Å². The van der Waals surface area contributed by atoms with Gasteiger partial charge >= 0.3 is 6.09 Å². The fourth-order valence-electron chi connectivity index (χ4n) is 4.00. The van der Waals surface area contributed by atoms with Crippen LogP contribution in [0.2, 0.25) is 0 Å². The molecule has 2 heterocycles. The van der Waals surface area contributed by atoms with Gasteiger partial charge in [-0.25, -0.2) is 4.79 Å². The third-order valence-electron chi connectivity index (χ3n) is 5.62. The lowest BCUT2D eigenvalue weighted by atomic mass is 9.73. The fourth-order valence-corrected chi connectivity index (χ4v) is 4.00. The molecular formula is C20H28N2O4. The molecular weight excluding hydrogens is 332 g/mol.